The lowest BCUT2D eigenvalue weighted by molar-refractivity contribution is -0.384. The number of nitro benzene ring substituents is 1. The molecule has 1 heterocycles. The number of non-ortho nitro benzene ring substituents is 1. The van der Waals surface area contributed by atoms with Crippen molar-refractivity contribution in [2.75, 3.05) is 19.6 Å². The molecule has 0 aromatic heterocycles. The van der Waals surface area contributed by atoms with Crippen LogP contribution in [0, 0.1) is 10.1 Å². The molecule has 114 valence electrons. The van der Waals surface area contributed by atoms with E-state index in [0.29, 0.717) is 18.8 Å². The number of hydrogen-bond acceptors (Lipinski definition) is 5. The lowest BCUT2D eigenvalue weighted by atomic mass is 10.1. The Hall–Kier alpha value is -2.15. The van der Waals surface area contributed by atoms with E-state index in [2.05, 4.69) is 4.90 Å². The van der Waals surface area contributed by atoms with Crippen LogP contribution in [0.25, 0.3) is 0 Å². The minimum absolute atomic E-state index is 0.00555. The van der Waals surface area contributed by atoms with Gasteiger partial charge in [-0.3, -0.25) is 19.8 Å². The molecule has 21 heavy (non-hydrogen) atoms. The van der Waals surface area contributed by atoms with Gasteiger partial charge in [0.05, 0.1) is 11.3 Å². The summed E-state index contributed by atoms with van der Waals surface area (Å²) in [5.41, 5.74) is 0.0362. The van der Waals surface area contributed by atoms with Crippen LogP contribution in [0.4, 0.5) is 5.69 Å². The summed E-state index contributed by atoms with van der Waals surface area (Å²) in [6.07, 6.45) is 1.98. The van der Waals surface area contributed by atoms with E-state index in [4.69, 9.17) is 9.84 Å². The van der Waals surface area contributed by atoms with Gasteiger partial charge in [-0.25, -0.2) is 0 Å². The first-order valence-corrected chi connectivity index (χ1v) is 6.90. The lowest BCUT2D eigenvalue weighted by Gasteiger charge is -2.32. The highest BCUT2D eigenvalue weighted by atomic mass is 16.6. The number of ether oxygens (including phenoxy) is 1. The van der Waals surface area contributed by atoms with Gasteiger partial charge in [0.25, 0.3) is 5.69 Å². The van der Waals surface area contributed by atoms with Crippen LogP contribution in [-0.4, -0.2) is 46.6 Å². The fourth-order valence-corrected chi connectivity index (χ4v) is 2.41. The SMILES string of the molecule is O=C(O)CCN1CCCC(Oc2ccc([N+](=O)[O-])cc2)C1. The van der Waals surface area contributed by atoms with Crippen LogP contribution < -0.4 is 4.74 Å². The Bertz CT molecular complexity index is 503. The lowest BCUT2D eigenvalue weighted by Crippen LogP contribution is -2.41. The Morgan fingerprint density at radius 1 is 1.43 bits per heavy atom. The highest BCUT2D eigenvalue weighted by Crippen LogP contribution is 2.21. The summed E-state index contributed by atoms with van der Waals surface area (Å²) in [6, 6.07) is 6.02. The number of piperidine rings is 1. The van der Waals surface area contributed by atoms with Crippen molar-refractivity contribution < 1.29 is 19.6 Å². The Labute approximate surface area is 122 Å². The van der Waals surface area contributed by atoms with Crippen molar-refractivity contribution in [3.8, 4) is 5.75 Å². The molecular weight excluding hydrogens is 276 g/mol. The zero-order valence-corrected chi connectivity index (χ0v) is 11.6. The largest absolute Gasteiger partial charge is 0.489 e. The maximum absolute atomic E-state index is 10.6. The minimum Gasteiger partial charge on any atom is -0.489 e. The fraction of sp³-hybridized carbons (Fsp3) is 0.500. The van der Waals surface area contributed by atoms with Gasteiger partial charge in [0.2, 0.25) is 0 Å². The van der Waals surface area contributed by atoms with Gasteiger partial charge in [-0.2, -0.15) is 0 Å². The van der Waals surface area contributed by atoms with E-state index in [1.54, 1.807) is 12.1 Å². The number of carboxylic acids is 1. The molecule has 1 atom stereocenters. The molecule has 0 saturated carbocycles. The van der Waals surface area contributed by atoms with Crippen molar-refractivity contribution in [2.45, 2.75) is 25.4 Å². The molecule has 7 nitrogen and oxygen atoms in total. The Morgan fingerprint density at radius 3 is 2.76 bits per heavy atom. The third-order valence-corrected chi connectivity index (χ3v) is 3.45. The highest BCUT2D eigenvalue weighted by Gasteiger charge is 2.21. The second-order valence-electron chi connectivity index (χ2n) is 5.08. The predicted molar refractivity (Wildman–Crippen MR) is 75.4 cm³/mol. The minimum atomic E-state index is -0.798. The average Bonchev–Trinajstić information content (AvgIpc) is 2.46. The molecule has 1 unspecified atom stereocenters. The molecule has 0 radical (unpaired) electrons. The van der Waals surface area contributed by atoms with Gasteiger partial charge in [0.1, 0.15) is 11.9 Å². The van der Waals surface area contributed by atoms with Crippen LogP contribution >= 0.6 is 0 Å². The van der Waals surface area contributed by atoms with Crippen LogP contribution in [0.15, 0.2) is 24.3 Å². The van der Waals surface area contributed by atoms with Crippen molar-refractivity contribution in [3.05, 3.63) is 34.4 Å². The molecule has 1 aliphatic rings. The van der Waals surface area contributed by atoms with Gasteiger partial charge in [0.15, 0.2) is 0 Å². The number of nitro groups is 1. The van der Waals surface area contributed by atoms with Crippen molar-refractivity contribution in [1.29, 1.82) is 0 Å². The second kappa shape index (κ2) is 7.03. The van der Waals surface area contributed by atoms with Crippen molar-refractivity contribution in [2.24, 2.45) is 0 Å². The first kappa shape index (κ1) is 15.2. The van der Waals surface area contributed by atoms with Crippen molar-refractivity contribution in [1.82, 2.24) is 4.90 Å². The van der Waals surface area contributed by atoms with E-state index >= 15 is 0 Å². The van der Waals surface area contributed by atoms with Gasteiger partial charge >= 0.3 is 5.97 Å². The van der Waals surface area contributed by atoms with E-state index in [1.807, 2.05) is 0 Å². The summed E-state index contributed by atoms with van der Waals surface area (Å²) in [4.78, 5) is 22.8. The first-order valence-electron chi connectivity index (χ1n) is 6.90. The van der Waals surface area contributed by atoms with E-state index in [1.165, 1.54) is 12.1 Å². The monoisotopic (exact) mass is 294 g/mol. The summed E-state index contributed by atoms with van der Waals surface area (Å²) in [5.74, 6) is -0.195. The number of nitrogens with zero attached hydrogens (tertiary/aromatic N) is 2. The smallest absolute Gasteiger partial charge is 0.304 e. The van der Waals surface area contributed by atoms with Crippen LogP contribution in [0.3, 0.4) is 0 Å². The van der Waals surface area contributed by atoms with Crippen molar-refractivity contribution >= 4 is 11.7 Å². The molecule has 1 fully saturated rings. The van der Waals surface area contributed by atoms with Crippen molar-refractivity contribution in [3.63, 3.8) is 0 Å². The molecule has 0 spiro atoms. The molecule has 1 saturated heterocycles. The number of rotatable bonds is 6. The quantitative estimate of drug-likeness (QED) is 0.636. The van der Waals surface area contributed by atoms with Gasteiger partial charge in [-0.15, -0.1) is 0 Å². The maximum atomic E-state index is 10.6. The first-order chi connectivity index (χ1) is 10.0. The van der Waals surface area contributed by atoms with Crippen LogP contribution in [0.1, 0.15) is 19.3 Å². The summed E-state index contributed by atoms with van der Waals surface area (Å²) in [5, 5.41) is 19.3. The number of aliphatic carboxylic acids is 1. The molecule has 1 aromatic carbocycles. The molecule has 0 amide bonds. The number of benzene rings is 1. The normalized spacial score (nSPS) is 19.1. The third kappa shape index (κ3) is 4.71. The summed E-state index contributed by atoms with van der Waals surface area (Å²) in [7, 11) is 0. The highest BCUT2D eigenvalue weighted by molar-refractivity contribution is 5.66. The van der Waals surface area contributed by atoms with Gasteiger partial charge in [0, 0.05) is 25.2 Å². The van der Waals surface area contributed by atoms with Gasteiger partial charge < -0.3 is 9.84 Å². The summed E-state index contributed by atoms with van der Waals surface area (Å²) >= 11 is 0. The molecule has 2 rings (SSSR count). The Balaban J connectivity index is 1.87. The molecular formula is C14H18N2O5. The predicted octanol–water partition coefficient (Wildman–Crippen LogP) is 1.91. The number of likely N-dealkylation sites (tertiary alicyclic amines) is 1. The summed E-state index contributed by atoms with van der Waals surface area (Å²) < 4.78 is 5.82. The van der Waals surface area contributed by atoms with Gasteiger partial charge in [-0.05, 0) is 31.5 Å². The van der Waals surface area contributed by atoms with E-state index < -0.39 is 10.9 Å². The van der Waals surface area contributed by atoms with Gasteiger partial charge in [-0.1, -0.05) is 0 Å². The maximum Gasteiger partial charge on any atom is 0.304 e. The van der Waals surface area contributed by atoms with Crippen LogP contribution in [0.2, 0.25) is 0 Å². The number of carboxylic acid groups (broad SMARTS) is 1. The zero-order chi connectivity index (χ0) is 15.2. The molecule has 1 aliphatic heterocycles. The fourth-order valence-electron chi connectivity index (χ4n) is 2.41. The zero-order valence-electron chi connectivity index (χ0n) is 11.6. The molecule has 1 N–H and O–H groups in total. The van der Waals surface area contributed by atoms with Crippen LogP contribution in [0.5, 0.6) is 5.75 Å². The molecule has 0 bridgehead atoms. The molecule has 7 heteroatoms. The second-order valence-corrected chi connectivity index (χ2v) is 5.08. The standard InChI is InChI=1S/C14H18N2O5/c17-14(18)7-9-15-8-1-2-13(10-15)21-12-5-3-11(4-6-12)16(19)20/h3-6,13H,1-2,7-10H2,(H,17,18). The molecule has 1 aromatic rings. The number of carbonyl (C=O) groups is 1. The Morgan fingerprint density at radius 2 is 2.14 bits per heavy atom. The Kier molecular flexibility index (Phi) is 5.10. The topological polar surface area (TPSA) is 92.9 Å². The third-order valence-electron chi connectivity index (χ3n) is 3.45. The molecule has 0 aliphatic carbocycles. The van der Waals surface area contributed by atoms with E-state index in [0.717, 1.165) is 19.4 Å². The number of hydrogen-bond donors (Lipinski definition) is 1. The average molecular weight is 294 g/mol. The van der Waals surface area contributed by atoms with Crippen LogP contribution in [-0.2, 0) is 4.79 Å². The summed E-state index contributed by atoms with van der Waals surface area (Å²) in [6.45, 7) is 2.09. The van der Waals surface area contributed by atoms with E-state index in [-0.39, 0.29) is 18.2 Å². The van der Waals surface area contributed by atoms with E-state index in [9.17, 15) is 14.9 Å².